The van der Waals surface area contributed by atoms with Crippen LogP contribution in [-0.4, -0.2) is 61.4 Å². The predicted octanol–water partition coefficient (Wildman–Crippen LogP) is 3.46. The minimum atomic E-state index is -0.597. The second kappa shape index (κ2) is 10.4. The van der Waals surface area contributed by atoms with Crippen molar-refractivity contribution in [2.45, 2.75) is 6.92 Å². The molecule has 3 rings (SSSR count). The number of nitrogens with one attached hydrogen (secondary N) is 2. The van der Waals surface area contributed by atoms with Crippen LogP contribution in [0.25, 0.3) is 6.08 Å². The van der Waals surface area contributed by atoms with E-state index >= 15 is 0 Å². The van der Waals surface area contributed by atoms with Gasteiger partial charge in [-0.2, -0.15) is 0 Å². The number of nitrogens with zero attached hydrogens (tertiary/aromatic N) is 3. The third-order valence-corrected chi connectivity index (χ3v) is 5.81. The molecule has 2 aromatic rings. The second-order valence-electron chi connectivity index (χ2n) is 6.77. The number of aryl methyl sites for hydroxylation is 1. The van der Waals surface area contributed by atoms with Crippen molar-refractivity contribution in [2.75, 3.05) is 39.7 Å². The van der Waals surface area contributed by atoms with E-state index in [1.165, 1.54) is 30.2 Å². The number of amides is 2. The van der Waals surface area contributed by atoms with Crippen LogP contribution in [0.5, 0.6) is 5.75 Å². The number of aliphatic imine (C=N–C) groups is 1. The van der Waals surface area contributed by atoms with Gasteiger partial charge in [0.2, 0.25) is 0 Å². The van der Waals surface area contributed by atoms with Gasteiger partial charge in [0.15, 0.2) is 10.3 Å². The summed E-state index contributed by atoms with van der Waals surface area (Å²) in [5, 5.41) is 6.15. The Kier molecular flexibility index (Phi) is 7.66. The first-order valence-electron chi connectivity index (χ1n) is 9.32. The minimum absolute atomic E-state index is 0.235. The molecule has 2 amide bonds. The van der Waals surface area contributed by atoms with Gasteiger partial charge in [-0.15, -0.1) is 0 Å². The van der Waals surface area contributed by atoms with Crippen LogP contribution >= 0.6 is 23.1 Å². The van der Waals surface area contributed by atoms with Crippen molar-refractivity contribution in [3.8, 4) is 5.75 Å². The first-order valence-corrected chi connectivity index (χ1v) is 11.0. The molecule has 0 aliphatic carbocycles. The summed E-state index contributed by atoms with van der Waals surface area (Å²) in [5.41, 5.74) is 1.70. The lowest BCUT2D eigenvalue weighted by Gasteiger charge is -2.12. The van der Waals surface area contributed by atoms with E-state index in [0.29, 0.717) is 21.8 Å². The first kappa shape index (κ1) is 22.8. The van der Waals surface area contributed by atoms with Crippen molar-refractivity contribution in [1.82, 2.24) is 15.2 Å². The van der Waals surface area contributed by atoms with Gasteiger partial charge in [0, 0.05) is 12.7 Å². The standard InChI is InChI=1S/C20H23N5O4S2/c1-12-9-13(29-8-7-25(2)3)5-6-15(12)22-19-23-17(26)16(31-19)10-14-11-21-18(30-14)24-20(27)28-4/h5-6,9-11H,7-8H2,1-4H3,(H,21,24,27)(H,22,23,26). The van der Waals surface area contributed by atoms with Crippen LogP contribution in [0.15, 0.2) is 34.3 Å². The largest absolute Gasteiger partial charge is 0.492 e. The van der Waals surface area contributed by atoms with Crippen LogP contribution in [0, 0.1) is 6.92 Å². The van der Waals surface area contributed by atoms with Crippen LogP contribution < -0.4 is 15.4 Å². The molecule has 2 N–H and O–H groups in total. The number of thiazole rings is 1. The summed E-state index contributed by atoms with van der Waals surface area (Å²) in [5.74, 6) is 0.550. The maximum atomic E-state index is 12.3. The Morgan fingerprint density at radius 1 is 1.39 bits per heavy atom. The number of aromatic nitrogens is 1. The van der Waals surface area contributed by atoms with E-state index in [-0.39, 0.29) is 5.91 Å². The van der Waals surface area contributed by atoms with Gasteiger partial charge in [-0.1, -0.05) is 11.3 Å². The van der Waals surface area contributed by atoms with Crippen molar-refractivity contribution in [3.63, 3.8) is 0 Å². The quantitative estimate of drug-likeness (QED) is 0.608. The smallest absolute Gasteiger partial charge is 0.413 e. The number of carbonyl (C=O) groups excluding carboxylic acids is 2. The molecular weight excluding hydrogens is 438 g/mol. The van der Waals surface area contributed by atoms with Crippen LogP contribution in [-0.2, 0) is 9.53 Å². The lowest BCUT2D eigenvalue weighted by Crippen LogP contribution is -2.19. The van der Waals surface area contributed by atoms with Gasteiger partial charge in [-0.3, -0.25) is 10.1 Å². The van der Waals surface area contributed by atoms with Gasteiger partial charge in [0.25, 0.3) is 5.91 Å². The van der Waals surface area contributed by atoms with Gasteiger partial charge >= 0.3 is 6.09 Å². The number of benzene rings is 1. The molecule has 9 nitrogen and oxygen atoms in total. The lowest BCUT2D eigenvalue weighted by atomic mass is 10.2. The monoisotopic (exact) mass is 461 g/mol. The molecule has 164 valence electrons. The number of ether oxygens (including phenoxy) is 2. The number of amidine groups is 1. The number of methoxy groups -OCH3 is 1. The number of carbonyl (C=O) groups is 2. The summed E-state index contributed by atoms with van der Waals surface area (Å²) < 4.78 is 10.3. The average Bonchev–Trinajstić information content (AvgIpc) is 3.29. The number of hydrogen-bond donors (Lipinski definition) is 2. The van der Waals surface area contributed by atoms with E-state index in [2.05, 4.69) is 30.2 Å². The molecule has 0 radical (unpaired) electrons. The lowest BCUT2D eigenvalue weighted by molar-refractivity contribution is -0.115. The fourth-order valence-electron chi connectivity index (χ4n) is 2.46. The molecule has 11 heteroatoms. The van der Waals surface area contributed by atoms with E-state index < -0.39 is 6.09 Å². The number of thioether (sulfide) groups is 1. The summed E-state index contributed by atoms with van der Waals surface area (Å²) in [6, 6.07) is 5.67. The third kappa shape index (κ3) is 6.54. The highest BCUT2D eigenvalue weighted by Crippen LogP contribution is 2.31. The van der Waals surface area contributed by atoms with Crippen molar-refractivity contribution < 1.29 is 19.1 Å². The van der Waals surface area contributed by atoms with E-state index in [0.717, 1.165) is 28.4 Å². The Balaban J connectivity index is 1.67. The van der Waals surface area contributed by atoms with Gasteiger partial charge in [0.05, 0.1) is 22.6 Å². The van der Waals surface area contributed by atoms with E-state index in [1.807, 2.05) is 39.2 Å². The Hall–Kier alpha value is -2.89. The SMILES string of the molecule is COC(=O)Nc1ncc(C=C2SC(=Nc3ccc(OCCN(C)C)cc3C)NC2=O)s1. The Morgan fingerprint density at radius 3 is 2.90 bits per heavy atom. The Bertz CT molecular complexity index is 1030. The molecule has 1 saturated heterocycles. The highest BCUT2D eigenvalue weighted by Gasteiger charge is 2.24. The van der Waals surface area contributed by atoms with E-state index in [9.17, 15) is 9.59 Å². The zero-order valence-electron chi connectivity index (χ0n) is 17.6. The summed E-state index contributed by atoms with van der Waals surface area (Å²) in [7, 11) is 5.27. The Morgan fingerprint density at radius 2 is 2.19 bits per heavy atom. The number of likely N-dealkylation sites (N-methyl/N-ethyl adjacent to an activating group) is 1. The minimum Gasteiger partial charge on any atom is -0.492 e. The number of hydrogen-bond acceptors (Lipinski definition) is 9. The van der Waals surface area contributed by atoms with Crippen molar-refractivity contribution in [2.24, 2.45) is 4.99 Å². The van der Waals surface area contributed by atoms with E-state index in [1.54, 1.807) is 12.3 Å². The van der Waals surface area contributed by atoms with Crippen LogP contribution in [0.4, 0.5) is 15.6 Å². The molecule has 0 bridgehead atoms. The normalized spacial score (nSPS) is 16.1. The van der Waals surface area contributed by atoms with E-state index in [4.69, 9.17) is 4.74 Å². The molecule has 2 heterocycles. The molecule has 1 aliphatic rings. The molecule has 1 aliphatic heterocycles. The molecule has 0 spiro atoms. The third-order valence-electron chi connectivity index (χ3n) is 4.04. The molecule has 0 unspecified atom stereocenters. The first-order chi connectivity index (χ1) is 14.8. The fraction of sp³-hybridized carbons (Fsp3) is 0.300. The molecule has 1 aromatic heterocycles. The molecule has 31 heavy (non-hydrogen) atoms. The zero-order chi connectivity index (χ0) is 22.4. The van der Waals surface area contributed by atoms with Crippen molar-refractivity contribution in [1.29, 1.82) is 0 Å². The van der Waals surface area contributed by atoms with Crippen molar-refractivity contribution in [3.05, 3.63) is 39.7 Å². The highest BCUT2D eigenvalue weighted by molar-refractivity contribution is 8.18. The summed E-state index contributed by atoms with van der Waals surface area (Å²) in [4.78, 5) is 35.5. The fourth-order valence-corrected chi connectivity index (χ4v) is 4.10. The summed E-state index contributed by atoms with van der Waals surface area (Å²) >= 11 is 2.48. The Labute approximate surface area is 188 Å². The molecule has 0 saturated carbocycles. The van der Waals surface area contributed by atoms with Crippen LogP contribution in [0.2, 0.25) is 0 Å². The van der Waals surface area contributed by atoms with Crippen molar-refractivity contribution >= 4 is 57.2 Å². The summed E-state index contributed by atoms with van der Waals surface area (Å²) in [6.45, 7) is 3.39. The zero-order valence-corrected chi connectivity index (χ0v) is 19.2. The molecular formula is C20H23N5O4S2. The average molecular weight is 462 g/mol. The topological polar surface area (TPSA) is 105 Å². The van der Waals surface area contributed by atoms with Gasteiger partial charge < -0.3 is 19.7 Å². The van der Waals surface area contributed by atoms with Gasteiger partial charge in [0.1, 0.15) is 12.4 Å². The van der Waals surface area contributed by atoms with Gasteiger partial charge in [-0.05, 0) is 62.6 Å². The number of anilines is 1. The van der Waals surface area contributed by atoms with Crippen LogP contribution in [0.3, 0.4) is 0 Å². The van der Waals surface area contributed by atoms with Crippen LogP contribution in [0.1, 0.15) is 10.4 Å². The molecule has 1 fully saturated rings. The summed E-state index contributed by atoms with van der Waals surface area (Å²) in [6.07, 6.45) is 2.68. The second-order valence-corrected chi connectivity index (χ2v) is 8.86. The van der Waals surface area contributed by atoms with Gasteiger partial charge in [-0.25, -0.2) is 14.8 Å². The highest BCUT2D eigenvalue weighted by atomic mass is 32.2. The number of rotatable bonds is 7. The maximum Gasteiger partial charge on any atom is 0.413 e. The maximum absolute atomic E-state index is 12.3. The molecule has 1 aromatic carbocycles. The molecule has 0 atom stereocenters. The predicted molar refractivity (Wildman–Crippen MR) is 124 cm³/mol.